The van der Waals surface area contributed by atoms with Crippen LogP contribution in [0.2, 0.25) is 0 Å². The van der Waals surface area contributed by atoms with Crippen LogP contribution in [-0.2, 0) is 0 Å². The Labute approximate surface area is 283 Å². The van der Waals surface area contributed by atoms with Crippen molar-refractivity contribution >= 4 is 27.2 Å². The zero-order chi connectivity index (χ0) is 32.0. The summed E-state index contributed by atoms with van der Waals surface area (Å²) >= 11 is 1.63. The Morgan fingerprint density at radius 3 is 2.19 bits per heavy atom. The van der Waals surface area contributed by atoms with Gasteiger partial charge in [0.25, 0.3) is 0 Å². The monoisotopic (exact) mass is 652 g/mol. The van der Waals surface area contributed by atoms with Gasteiger partial charge in [0.1, 0.15) is 30.0 Å². The number of carbonyl (C=O) groups is 1. The molecule has 0 radical (unpaired) electrons. The molecule has 2 saturated heterocycles. The molecule has 0 unspecified atom stereocenters. The van der Waals surface area contributed by atoms with E-state index in [0.29, 0.717) is 18.2 Å². The van der Waals surface area contributed by atoms with Crippen LogP contribution >= 0.6 is 11.3 Å². The van der Waals surface area contributed by atoms with E-state index in [9.17, 15) is 4.79 Å². The smallest absolute Gasteiger partial charge is 0.195 e. The Bertz CT molecular complexity index is 1620. The maximum atomic E-state index is 14.3. The van der Waals surface area contributed by atoms with Gasteiger partial charge in [-0.3, -0.25) is 14.6 Å². The molecule has 3 aliphatic rings. The standard InChI is InChI=1S/C40H48N2O4S/c1-44-33-20-21-34-37(28-33)47-40(30-14-16-31(17-15-30)45-27-26-41-22-8-9-23-41)38(34)39(43)29-12-18-32(19-13-29)46-36-11-5-4-10-35(36)42-24-6-2-3-7-25-42/h12-21,28,35-36H,2-11,22-27H2,1H3/t35-,36-/m0/s1. The van der Waals surface area contributed by atoms with Gasteiger partial charge in [0.2, 0.25) is 0 Å². The molecule has 7 rings (SSSR count). The van der Waals surface area contributed by atoms with Crippen LogP contribution in [0.25, 0.3) is 20.5 Å². The summed E-state index contributed by atoms with van der Waals surface area (Å²) < 4.78 is 19.3. The molecule has 2 aliphatic heterocycles. The van der Waals surface area contributed by atoms with Crippen LogP contribution in [0.15, 0.2) is 66.7 Å². The highest BCUT2D eigenvalue weighted by molar-refractivity contribution is 7.22. The molecular weight excluding hydrogens is 605 g/mol. The van der Waals surface area contributed by atoms with Crippen molar-refractivity contribution < 1.29 is 19.0 Å². The van der Waals surface area contributed by atoms with Crippen LogP contribution < -0.4 is 14.2 Å². The fraction of sp³-hybridized carbons (Fsp3) is 0.475. The number of benzene rings is 3. The van der Waals surface area contributed by atoms with Gasteiger partial charge >= 0.3 is 0 Å². The minimum atomic E-state index is 0.0222. The Kier molecular flexibility index (Phi) is 10.4. The van der Waals surface area contributed by atoms with E-state index in [1.165, 1.54) is 84.0 Å². The summed E-state index contributed by atoms with van der Waals surface area (Å²) in [6.45, 7) is 6.37. The van der Waals surface area contributed by atoms with Gasteiger partial charge in [0.05, 0.1) is 7.11 Å². The minimum absolute atomic E-state index is 0.0222. The maximum absolute atomic E-state index is 14.3. The third-order valence-corrected chi connectivity index (χ3v) is 11.5. The molecular formula is C40H48N2O4S. The van der Waals surface area contributed by atoms with Gasteiger partial charge in [-0.1, -0.05) is 19.3 Å². The third-order valence-electron chi connectivity index (χ3n) is 10.3. The van der Waals surface area contributed by atoms with Crippen LogP contribution in [0.1, 0.15) is 80.1 Å². The van der Waals surface area contributed by atoms with Crippen molar-refractivity contribution in [2.24, 2.45) is 0 Å². The number of hydrogen-bond acceptors (Lipinski definition) is 7. The van der Waals surface area contributed by atoms with E-state index in [-0.39, 0.29) is 11.9 Å². The number of likely N-dealkylation sites (tertiary alicyclic amines) is 2. The third kappa shape index (κ3) is 7.53. The quantitative estimate of drug-likeness (QED) is 0.151. The maximum Gasteiger partial charge on any atom is 0.195 e. The lowest BCUT2D eigenvalue weighted by atomic mass is 9.91. The summed E-state index contributed by atoms with van der Waals surface area (Å²) in [5.41, 5.74) is 2.42. The lowest BCUT2D eigenvalue weighted by molar-refractivity contribution is 0.0375. The van der Waals surface area contributed by atoms with E-state index in [0.717, 1.165) is 56.3 Å². The predicted molar refractivity (Wildman–Crippen MR) is 192 cm³/mol. The molecule has 0 bridgehead atoms. The lowest BCUT2D eigenvalue weighted by Crippen LogP contribution is -2.48. The molecule has 3 heterocycles. The zero-order valence-electron chi connectivity index (χ0n) is 27.8. The molecule has 7 heteroatoms. The van der Waals surface area contributed by atoms with Gasteiger partial charge in [0.15, 0.2) is 5.78 Å². The van der Waals surface area contributed by atoms with E-state index in [2.05, 4.69) is 21.9 Å². The second kappa shape index (κ2) is 15.2. The van der Waals surface area contributed by atoms with Crippen molar-refractivity contribution in [1.29, 1.82) is 0 Å². The van der Waals surface area contributed by atoms with Crippen molar-refractivity contribution in [1.82, 2.24) is 9.80 Å². The van der Waals surface area contributed by atoms with Crippen LogP contribution in [0.5, 0.6) is 17.2 Å². The van der Waals surface area contributed by atoms with Gasteiger partial charge in [-0.05, 0) is 143 Å². The van der Waals surface area contributed by atoms with Crippen LogP contribution in [0.4, 0.5) is 0 Å². The van der Waals surface area contributed by atoms with Crippen molar-refractivity contribution in [2.45, 2.75) is 76.4 Å². The van der Waals surface area contributed by atoms with Crippen LogP contribution in [-0.4, -0.2) is 74.2 Å². The molecule has 3 fully saturated rings. The molecule has 47 heavy (non-hydrogen) atoms. The first kappa shape index (κ1) is 32.2. The van der Waals surface area contributed by atoms with Crippen molar-refractivity contribution in [3.05, 3.63) is 77.9 Å². The van der Waals surface area contributed by atoms with E-state index in [4.69, 9.17) is 14.2 Å². The fourth-order valence-corrected chi connectivity index (χ4v) is 8.93. The normalized spacial score (nSPS) is 21.0. The molecule has 0 N–H and O–H groups in total. The number of hydrogen-bond donors (Lipinski definition) is 0. The molecule has 248 valence electrons. The first-order valence-electron chi connectivity index (χ1n) is 17.8. The summed E-state index contributed by atoms with van der Waals surface area (Å²) in [5, 5.41) is 0.949. The topological polar surface area (TPSA) is 51.2 Å². The highest BCUT2D eigenvalue weighted by atomic mass is 32.1. The zero-order valence-corrected chi connectivity index (χ0v) is 28.6. The molecule has 1 aliphatic carbocycles. The number of thiophene rings is 1. The van der Waals surface area contributed by atoms with Crippen LogP contribution in [0, 0.1) is 0 Å². The fourth-order valence-electron chi connectivity index (χ4n) is 7.70. The van der Waals surface area contributed by atoms with E-state index < -0.39 is 0 Å². The van der Waals surface area contributed by atoms with Gasteiger partial charge in [-0.15, -0.1) is 11.3 Å². The number of nitrogens with zero attached hydrogens (tertiary/aromatic N) is 2. The summed E-state index contributed by atoms with van der Waals surface area (Å²) in [5.74, 6) is 2.52. The van der Waals surface area contributed by atoms with E-state index in [1.54, 1.807) is 18.4 Å². The molecule has 1 saturated carbocycles. The summed E-state index contributed by atoms with van der Waals surface area (Å²) in [4.78, 5) is 20.4. The number of carbonyl (C=O) groups excluding carboxylic acids is 1. The number of rotatable bonds is 11. The van der Waals surface area contributed by atoms with Gasteiger partial charge in [0, 0.05) is 38.7 Å². The van der Waals surface area contributed by atoms with Gasteiger partial charge < -0.3 is 14.2 Å². The Morgan fingerprint density at radius 2 is 1.45 bits per heavy atom. The SMILES string of the molecule is COc1ccc2c(C(=O)c3ccc(O[C@H]4CCCC[C@@H]4N4CCCCCC4)cc3)c(-c3ccc(OCCN4CCCC4)cc3)sc2c1. The molecule has 6 nitrogen and oxygen atoms in total. The van der Waals surface area contributed by atoms with Gasteiger partial charge in [-0.2, -0.15) is 0 Å². The van der Waals surface area contributed by atoms with Crippen molar-refractivity contribution in [3.63, 3.8) is 0 Å². The second-order valence-corrected chi connectivity index (χ2v) is 14.5. The Morgan fingerprint density at radius 1 is 0.766 bits per heavy atom. The molecule has 0 amide bonds. The summed E-state index contributed by atoms with van der Waals surface area (Å²) in [6, 6.07) is 22.5. The average molecular weight is 653 g/mol. The Balaban J connectivity index is 1.10. The second-order valence-electron chi connectivity index (χ2n) is 13.4. The first-order valence-corrected chi connectivity index (χ1v) is 18.6. The Hall–Kier alpha value is -3.39. The molecule has 3 aromatic carbocycles. The molecule has 4 aromatic rings. The molecule has 0 spiro atoms. The lowest BCUT2D eigenvalue weighted by Gasteiger charge is -2.39. The average Bonchev–Trinajstić information content (AvgIpc) is 3.68. The van der Waals surface area contributed by atoms with E-state index >= 15 is 0 Å². The van der Waals surface area contributed by atoms with Crippen LogP contribution in [0.3, 0.4) is 0 Å². The van der Waals surface area contributed by atoms with Gasteiger partial charge in [-0.25, -0.2) is 0 Å². The predicted octanol–water partition coefficient (Wildman–Crippen LogP) is 8.85. The highest BCUT2D eigenvalue weighted by Gasteiger charge is 2.32. The summed E-state index contributed by atoms with van der Waals surface area (Å²) in [6.07, 6.45) is 12.9. The summed E-state index contributed by atoms with van der Waals surface area (Å²) in [7, 11) is 1.68. The van der Waals surface area contributed by atoms with Crippen molar-refractivity contribution in [2.75, 3.05) is 46.4 Å². The molecule has 1 aromatic heterocycles. The van der Waals surface area contributed by atoms with E-state index in [1.807, 2.05) is 54.6 Å². The first-order chi connectivity index (χ1) is 23.2. The minimum Gasteiger partial charge on any atom is -0.497 e. The number of fused-ring (bicyclic) bond motifs is 1. The number of ketones is 1. The number of methoxy groups -OCH3 is 1. The largest absolute Gasteiger partial charge is 0.497 e. The van der Waals surface area contributed by atoms with Crippen molar-refractivity contribution in [3.8, 4) is 27.7 Å². The molecule has 2 atom stereocenters. The highest BCUT2D eigenvalue weighted by Crippen LogP contribution is 2.42. The number of ether oxygens (including phenoxy) is 3.